The second-order valence-corrected chi connectivity index (χ2v) is 10.8. The number of ether oxygens (including phenoxy) is 2. The number of unbranched alkanes of at least 4 members (excludes halogenated alkanes) is 1. The van der Waals surface area contributed by atoms with E-state index >= 15 is 0 Å². The highest BCUT2D eigenvalue weighted by molar-refractivity contribution is 7.98. The lowest BCUT2D eigenvalue weighted by molar-refractivity contribution is -0.139. The first-order valence-corrected chi connectivity index (χ1v) is 14.6. The van der Waals surface area contributed by atoms with Crippen LogP contribution in [0.2, 0.25) is 0 Å². The van der Waals surface area contributed by atoms with Crippen LogP contribution < -0.4 is 10.1 Å². The highest BCUT2D eigenvalue weighted by Gasteiger charge is 2.35. The molecule has 0 bridgehead atoms. The van der Waals surface area contributed by atoms with Crippen LogP contribution in [0.3, 0.4) is 0 Å². The lowest BCUT2D eigenvalue weighted by Gasteiger charge is -2.28. The number of thioether (sulfide) groups is 1. The number of fused-ring (bicyclic) bond motifs is 1. The molecule has 5 rings (SSSR count). The number of aryl methyl sites for hydroxylation is 1. The van der Waals surface area contributed by atoms with Crippen LogP contribution in [0.4, 0.5) is 5.95 Å². The summed E-state index contributed by atoms with van der Waals surface area (Å²) in [5.74, 6) is 1.76. The highest BCUT2D eigenvalue weighted by Crippen LogP contribution is 2.37. The van der Waals surface area contributed by atoms with Crippen molar-refractivity contribution < 1.29 is 14.3 Å². The molecule has 0 saturated heterocycles. The van der Waals surface area contributed by atoms with Crippen LogP contribution >= 0.6 is 11.8 Å². The summed E-state index contributed by atoms with van der Waals surface area (Å²) in [6.45, 7) is 6.89. The fourth-order valence-corrected chi connectivity index (χ4v) is 5.26. The van der Waals surface area contributed by atoms with E-state index in [2.05, 4.69) is 55.6 Å². The van der Waals surface area contributed by atoms with Gasteiger partial charge in [-0.3, -0.25) is 0 Å². The predicted molar refractivity (Wildman–Crippen MR) is 158 cm³/mol. The zero-order valence-corrected chi connectivity index (χ0v) is 23.9. The van der Waals surface area contributed by atoms with Crippen molar-refractivity contribution in [2.75, 3.05) is 11.9 Å². The molecule has 1 aliphatic rings. The molecule has 1 aliphatic heterocycles. The molecule has 0 fully saturated rings. The van der Waals surface area contributed by atoms with Gasteiger partial charge in [0.25, 0.3) is 0 Å². The molecule has 1 atom stereocenters. The highest BCUT2D eigenvalue weighted by atomic mass is 32.2. The molecule has 1 N–H and O–H groups in total. The zero-order valence-electron chi connectivity index (χ0n) is 23.1. The monoisotopic (exact) mass is 554 g/mol. The molecule has 2 heterocycles. The van der Waals surface area contributed by atoms with Gasteiger partial charge in [0.15, 0.2) is 0 Å². The summed E-state index contributed by atoms with van der Waals surface area (Å²) >= 11 is 1.56. The molecule has 0 spiro atoms. The van der Waals surface area contributed by atoms with E-state index in [1.54, 1.807) is 16.4 Å². The number of esters is 1. The number of benzene rings is 3. The standard InChI is InChI=1S/C32H34N4O3S/c1-4-5-19-38-30(37)28-23(3)33-31-34-32(40-21-25-9-7-6-8-10-25)35-36(31)29(28)26-15-17-27(18-16-26)39-20-24-13-11-22(2)12-14-24/h6-18,29H,4-5,19-21H2,1-3H3,(H,33,34,35). The zero-order chi connectivity index (χ0) is 27.9. The molecule has 4 aromatic rings. The van der Waals surface area contributed by atoms with Crippen LogP contribution in [-0.2, 0) is 21.9 Å². The van der Waals surface area contributed by atoms with E-state index in [0.29, 0.717) is 35.6 Å². The van der Waals surface area contributed by atoms with Crippen molar-refractivity contribution in [1.82, 2.24) is 14.8 Å². The molecule has 0 aliphatic carbocycles. The molecule has 1 unspecified atom stereocenters. The van der Waals surface area contributed by atoms with Gasteiger partial charge in [-0.25, -0.2) is 9.48 Å². The molecule has 0 amide bonds. The summed E-state index contributed by atoms with van der Waals surface area (Å²) in [5.41, 5.74) is 5.66. The number of carbonyl (C=O) groups excluding carboxylic acids is 1. The molecule has 7 nitrogen and oxygen atoms in total. The molecule has 1 aromatic heterocycles. The molecular formula is C32H34N4O3S. The second-order valence-electron chi connectivity index (χ2n) is 9.84. The van der Waals surface area contributed by atoms with Gasteiger partial charge in [0.1, 0.15) is 18.4 Å². The minimum Gasteiger partial charge on any atom is -0.489 e. The number of carbonyl (C=O) groups is 1. The first-order valence-electron chi connectivity index (χ1n) is 13.6. The van der Waals surface area contributed by atoms with E-state index in [-0.39, 0.29) is 5.97 Å². The molecule has 0 radical (unpaired) electrons. The van der Waals surface area contributed by atoms with Gasteiger partial charge in [0.2, 0.25) is 11.1 Å². The quantitative estimate of drug-likeness (QED) is 0.120. The van der Waals surface area contributed by atoms with Crippen molar-refractivity contribution in [3.8, 4) is 5.75 Å². The van der Waals surface area contributed by atoms with Crippen molar-refractivity contribution in [2.24, 2.45) is 0 Å². The van der Waals surface area contributed by atoms with E-state index in [1.807, 2.05) is 49.4 Å². The molecular weight excluding hydrogens is 520 g/mol. The maximum Gasteiger partial charge on any atom is 0.338 e. The maximum absolute atomic E-state index is 13.3. The van der Waals surface area contributed by atoms with Gasteiger partial charge < -0.3 is 14.8 Å². The number of hydrogen-bond acceptors (Lipinski definition) is 7. The third kappa shape index (κ3) is 6.57. The number of aromatic nitrogens is 3. The minimum atomic E-state index is -0.477. The molecule has 206 valence electrons. The predicted octanol–water partition coefficient (Wildman–Crippen LogP) is 7.09. The average molecular weight is 555 g/mol. The van der Waals surface area contributed by atoms with Crippen LogP contribution in [0.5, 0.6) is 5.75 Å². The van der Waals surface area contributed by atoms with Crippen LogP contribution in [0.25, 0.3) is 0 Å². The third-order valence-corrected chi connectivity index (χ3v) is 7.63. The Bertz CT molecular complexity index is 1460. The Morgan fingerprint density at radius 1 is 0.975 bits per heavy atom. The fraction of sp³-hybridized carbons (Fsp3) is 0.281. The van der Waals surface area contributed by atoms with Crippen molar-refractivity contribution in [2.45, 2.75) is 57.2 Å². The van der Waals surface area contributed by atoms with E-state index in [0.717, 1.165) is 35.5 Å². The van der Waals surface area contributed by atoms with Gasteiger partial charge in [0, 0.05) is 11.4 Å². The summed E-state index contributed by atoms with van der Waals surface area (Å²) in [6, 6.07) is 25.9. The van der Waals surface area contributed by atoms with E-state index in [1.165, 1.54) is 11.1 Å². The molecule has 3 aromatic carbocycles. The Hall–Kier alpha value is -4.04. The average Bonchev–Trinajstić information content (AvgIpc) is 3.38. The van der Waals surface area contributed by atoms with E-state index in [4.69, 9.17) is 19.6 Å². The summed E-state index contributed by atoms with van der Waals surface area (Å²) in [5, 5.41) is 8.75. The molecule has 0 saturated carbocycles. The Morgan fingerprint density at radius 2 is 1.73 bits per heavy atom. The summed E-state index contributed by atoms with van der Waals surface area (Å²) in [6.07, 6.45) is 1.77. The third-order valence-electron chi connectivity index (χ3n) is 6.72. The summed E-state index contributed by atoms with van der Waals surface area (Å²) in [4.78, 5) is 18.1. The number of rotatable bonds is 11. The van der Waals surface area contributed by atoms with Gasteiger partial charge in [-0.15, -0.1) is 5.10 Å². The number of nitrogens with zero attached hydrogens (tertiary/aromatic N) is 3. The first kappa shape index (κ1) is 27.5. The van der Waals surface area contributed by atoms with Gasteiger partial charge in [-0.05, 0) is 49.1 Å². The van der Waals surface area contributed by atoms with Crippen LogP contribution in [0.15, 0.2) is 95.3 Å². The largest absolute Gasteiger partial charge is 0.489 e. The Balaban J connectivity index is 1.40. The summed E-state index contributed by atoms with van der Waals surface area (Å²) in [7, 11) is 0. The Morgan fingerprint density at radius 3 is 2.45 bits per heavy atom. The lowest BCUT2D eigenvalue weighted by atomic mass is 9.96. The normalized spacial score (nSPS) is 14.4. The Labute approximate surface area is 239 Å². The lowest BCUT2D eigenvalue weighted by Crippen LogP contribution is -2.29. The molecule has 8 heteroatoms. The van der Waals surface area contributed by atoms with Crippen molar-refractivity contribution in [3.05, 3.63) is 112 Å². The number of nitrogens with one attached hydrogen (secondary N) is 1. The van der Waals surface area contributed by atoms with Crippen molar-refractivity contribution >= 4 is 23.7 Å². The first-order chi connectivity index (χ1) is 19.5. The van der Waals surface area contributed by atoms with Crippen LogP contribution in [-0.4, -0.2) is 27.3 Å². The number of hydrogen-bond donors (Lipinski definition) is 1. The fourth-order valence-electron chi connectivity index (χ4n) is 4.47. The number of anilines is 1. The van der Waals surface area contributed by atoms with Gasteiger partial charge in [0.05, 0.1) is 12.2 Å². The van der Waals surface area contributed by atoms with Gasteiger partial charge >= 0.3 is 5.97 Å². The smallest absolute Gasteiger partial charge is 0.338 e. The minimum absolute atomic E-state index is 0.345. The summed E-state index contributed by atoms with van der Waals surface area (Å²) < 4.78 is 13.5. The second kappa shape index (κ2) is 12.9. The maximum atomic E-state index is 13.3. The topological polar surface area (TPSA) is 78.3 Å². The number of allylic oxidation sites excluding steroid dienone is 1. The van der Waals surface area contributed by atoms with Gasteiger partial charge in [-0.1, -0.05) is 97.4 Å². The Kier molecular flexibility index (Phi) is 8.86. The van der Waals surface area contributed by atoms with Gasteiger partial charge in [-0.2, -0.15) is 4.98 Å². The molecule has 40 heavy (non-hydrogen) atoms. The SMILES string of the molecule is CCCCOC(=O)C1=C(C)Nc2nc(SCc3ccccc3)nn2C1c1ccc(OCc2ccc(C)cc2)cc1. The van der Waals surface area contributed by atoms with E-state index in [9.17, 15) is 4.79 Å². The van der Waals surface area contributed by atoms with E-state index < -0.39 is 6.04 Å². The van der Waals surface area contributed by atoms with Crippen molar-refractivity contribution in [1.29, 1.82) is 0 Å². The van der Waals surface area contributed by atoms with Crippen molar-refractivity contribution in [3.63, 3.8) is 0 Å². The van der Waals surface area contributed by atoms with Crippen LogP contribution in [0, 0.1) is 6.92 Å². The van der Waals surface area contributed by atoms with Crippen LogP contribution in [0.1, 0.15) is 55.0 Å².